The average molecular weight is 247 g/mol. The number of aliphatic imine (C=N–C) groups is 1. The molecule has 1 heterocycles. The fourth-order valence-electron chi connectivity index (χ4n) is 2.39. The molecule has 0 bridgehead atoms. The van der Waals surface area contributed by atoms with Gasteiger partial charge >= 0.3 is 0 Å². The average Bonchev–Trinajstić information content (AvgIpc) is 2.91. The Hall–Kier alpha value is -1.55. The Kier molecular flexibility index (Phi) is 4.20. The van der Waals surface area contributed by atoms with E-state index >= 15 is 0 Å². The lowest BCUT2D eigenvalue weighted by atomic mass is 10.0. The van der Waals surface area contributed by atoms with Crippen molar-refractivity contribution in [2.24, 2.45) is 4.99 Å². The third-order valence-electron chi connectivity index (χ3n) is 3.35. The van der Waals surface area contributed by atoms with Crippen LogP contribution in [0.2, 0.25) is 0 Å². The molecule has 0 saturated carbocycles. The first-order chi connectivity index (χ1) is 8.76. The second-order valence-corrected chi connectivity index (χ2v) is 4.41. The highest BCUT2D eigenvalue weighted by Crippen LogP contribution is 2.24. The Labute approximate surface area is 108 Å². The van der Waals surface area contributed by atoms with Crippen molar-refractivity contribution in [1.82, 2.24) is 10.2 Å². The van der Waals surface area contributed by atoms with Gasteiger partial charge in [-0.1, -0.05) is 26.0 Å². The minimum atomic E-state index is 0.170. The topological polar surface area (TPSA) is 47.9 Å². The van der Waals surface area contributed by atoms with Crippen molar-refractivity contribution in [3.8, 4) is 5.75 Å². The van der Waals surface area contributed by atoms with Gasteiger partial charge in [0.2, 0.25) is 0 Å². The number of phenols is 1. The zero-order valence-corrected chi connectivity index (χ0v) is 11.1. The maximum atomic E-state index is 9.40. The van der Waals surface area contributed by atoms with E-state index in [-0.39, 0.29) is 6.04 Å². The summed E-state index contributed by atoms with van der Waals surface area (Å²) in [4.78, 5) is 6.92. The maximum Gasteiger partial charge on any atom is 0.119 e. The van der Waals surface area contributed by atoms with E-state index in [1.54, 1.807) is 12.1 Å². The van der Waals surface area contributed by atoms with Crippen LogP contribution >= 0.6 is 0 Å². The van der Waals surface area contributed by atoms with Gasteiger partial charge in [0.05, 0.1) is 12.6 Å². The molecule has 0 amide bonds. The number of amidine groups is 1. The van der Waals surface area contributed by atoms with E-state index in [9.17, 15) is 5.11 Å². The number of benzene rings is 1. The largest absolute Gasteiger partial charge is 0.508 e. The molecular weight excluding hydrogens is 226 g/mol. The molecule has 1 unspecified atom stereocenters. The highest BCUT2D eigenvalue weighted by Gasteiger charge is 2.25. The SMILES string of the molecule is CCN(CC)C(C1=NCCN1)c1ccc(O)cc1. The Morgan fingerprint density at radius 3 is 2.44 bits per heavy atom. The second kappa shape index (κ2) is 5.87. The molecule has 1 aliphatic rings. The molecule has 0 fully saturated rings. The summed E-state index contributed by atoms with van der Waals surface area (Å²) in [6.45, 7) is 8.04. The van der Waals surface area contributed by atoms with E-state index in [2.05, 4.69) is 29.1 Å². The van der Waals surface area contributed by atoms with Crippen LogP contribution in [0.15, 0.2) is 29.3 Å². The standard InChI is InChI=1S/C14H21N3O/c1-3-17(4-2)13(14-15-9-10-16-14)11-5-7-12(18)8-6-11/h5-8,13,18H,3-4,9-10H2,1-2H3,(H,15,16). The number of likely N-dealkylation sites (N-methyl/N-ethyl adjacent to an activating group) is 1. The lowest BCUT2D eigenvalue weighted by Crippen LogP contribution is -2.38. The summed E-state index contributed by atoms with van der Waals surface area (Å²) in [7, 11) is 0. The highest BCUT2D eigenvalue weighted by atomic mass is 16.3. The Balaban J connectivity index is 2.31. The Morgan fingerprint density at radius 1 is 1.28 bits per heavy atom. The predicted molar refractivity (Wildman–Crippen MR) is 74.1 cm³/mol. The van der Waals surface area contributed by atoms with Crippen LogP contribution in [0, 0.1) is 0 Å². The van der Waals surface area contributed by atoms with E-state index < -0.39 is 0 Å². The minimum Gasteiger partial charge on any atom is -0.508 e. The lowest BCUT2D eigenvalue weighted by Gasteiger charge is -2.30. The molecule has 0 aliphatic carbocycles. The van der Waals surface area contributed by atoms with Gasteiger partial charge in [-0.05, 0) is 30.8 Å². The van der Waals surface area contributed by atoms with Crippen LogP contribution in [0.1, 0.15) is 25.5 Å². The van der Waals surface area contributed by atoms with Crippen molar-refractivity contribution >= 4 is 5.84 Å². The van der Waals surface area contributed by atoms with E-state index in [0.29, 0.717) is 5.75 Å². The number of rotatable bonds is 5. The Morgan fingerprint density at radius 2 is 1.94 bits per heavy atom. The van der Waals surface area contributed by atoms with E-state index in [1.807, 2.05) is 12.1 Å². The van der Waals surface area contributed by atoms with Gasteiger partial charge in [-0.3, -0.25) is 9.89 Å². The number of aromatic hydroxyl groups is 1. The summed E-state index contributed by atoms with van der Waals surface area (Å²) in [5.74, 6) is 1.35. The van der Waals surface area contributed by atoms with Gasteiger partial charge in [0.15, 0.2) is 0 Å². The quantitative estimate of drug-likeness (QED) is 0.833. The molecule has 1 aromatic rings. The zero-order valence-electron chi connectivity index (χ0n) is 11.1. The van der Waals surface area contributed by atoms with Crippen LogP contribution in [0.5, 0.6) is 5.75 Å². The number of hydrogen-bond donors (Lipinski definition) is 2. The molecule has 98 valence electrons. The van der Waals surface area contributed by atoms with Gasteiger partial charge < -0.3 is 10.4 Å². The summed E-state index contributed by atoms with van der Waals surface area (Å²) in [5.41, 5.74) is 1.17. The maximum absolute atomic E-state index is 9.40. The van der Waals surface area contributed by atoms with Crippen molar-refractivity contribution in [2.75, 3.05) is 26.2 Å². The number of nitrogens with one attached hydrogen (secondary N) is 1. The smallest absolute Gasteiger partial charge is 0.119 e. The molecule has 4 heteroatoms. The second-order valence-electron chi connectivity index (χ2n) is 4.41. The number of phenolic OH excluding ortho intramolecular Hbond substituents is 1. The van der Waals surface area contributed by atoms with Gasteiger partial charge in [0.1, 0.15) is 11.6 Å². The first-order valence-electron chi connectivity index (χ1n) is 6.57. The van der Waals surface area contributed by atoms with Crippen molar-refractivity contribution in [3.05, 3.63) is 29.8 Å². The molecule has 4 nitrogen and oxygen atoms in total. The third kappa shape index (κ3) is 2.64. The van der Waals surface area contributed by atoms with Crippen LogP contribution in [-0.4, -0.2) is 42.0 Å². The van der Waals surface area contributed by atoms with Crippen molar-refractivity contribution < 1.29 is 5.11 Å². The molecule has 2 N–H and O–H groups in total. The summed E-state index contributed by atoms with van der Waals surface area (Å²) in [6.07, 6.45) is 0. The Bertz CT molecular complexity index is 410. The molecule has 1 aliphatic heterocycles. The fraction of sp³-hybridized carbons (Fsp3) is 0.500. The van der Waals surface area contributed by atoms with Crippen LogP contribution in [0.4, 0.5) is 0 Å². The third-order valence-corrected chi connectivity index (χ3v) is 3.35. The molecule has 1 atom stereocenters. The molecular formula is C14H21N3O. The fourth-order valence-corrected chi connectivity index (χ4v) is 2.39. The van der Waals surface area contributed by atoms with Gasteiger partial charge in [0.25, 0.3) is 0 Å². The molecule has 18 heavy (non-hydrogen) atoms. The van der Waals surface area contributed by atoms with Gasteiger partial charge in [-0.2, -0.15) is 0 Å². The van der Waals surface area contributed by atoms with Crippen molar-refractivity contribution in [3.63, 3.8) is 0 Å². The van der Waals surface area contributed by atoms with Crippen LogP contribution in [0.3, 0.4) is 0 Å². The van der Waals surface area contributed by atoms with E-state index in [4.69, 9.17) is 0 Å². The number of hydrogen-bond acceptors (Lipinski definition) is 4. The predicted octanol–water partition coefficient (Wildman–Crippen LogP) is 1.78. The molecule has 0 spiro atoms. The molecule has 0 aromatic heterocycles. The van der Waals surface area contributed by atoms with Crippen LogP contribution < -0.4 is 5.32 Å². The van der Waals surface area contributed by atoms with Gasteiger partial charge in [-0.15, -0.1) is 0 Å². The van der Waals surface area contributed by atoms with Crippen molar-refractivity contribution in [2.45, 2.75) is 19.9 Å². The van der Waals surface area contributed by atoms with Crippen molar-refractivity contribution in [1.29, 1.82) is 0 Å². The van der Waals surface area contributed by atoms with Crippen LogP contribution in [-0.2, 0) is 0 Å². The zero-order chi connectivity index (χ0) is 13.0. The van der Waals surface area contributed by atoms with Gasteiger partial charge in [0, 0.05) is 6.54 Å². The van der Waals surface area contributed by atoms with Crippen LogP contribution in [0.25, 0.3) is 0 Å². The lowest BCUT2D eigenvalue weighted by molar-refractivity contribution is 0.268. The summed E-state index contributed by atoms with van der Waals surface area (Å²) in [6, 6.07) is 7.59. The summed E-state index contributed by atoms with van der Waals surface area (Å²) in [5, 5.41) is 12.8. The monoisotopic (exact) mass is 247 g/mol. The molecule has 0 saturated heterocycles. The normalized spacial score (nSPS) is 16.5. The first kappa shape index (κ1) is 12.9. The molecule has 2 rings (SSSR count). The minimum absolute atomic E-state index is 0.170. The highest BCUT2D eigenvalue weighted by molar-refractivity contribution is 5.89. The summed E-state index contributed by atoms with van der Waals surface area (Å²) < 4.78 is 0. The summed E-state index contributed by atoms with van der Waals surface area (Å²) >= 11 is 0. The van der Waals surface area contributed by atoms with Gasteiger partial charge in [-0.25, -0.2) is 0 Å². The molecule has 0 radical (unpaired) electrons. The first-order valence-corrected chi connectivity index (χ1v) is 6.57. The van der Waals surface area contributed by atoms with E-state index in [0.717, 1.165) is 32.0 Å². The number of nitrogens with zero attached hydrogens (tertiary/aromatic N) is 2. The molecule has 1 aromatic carbocycles. The van der Waals surface area contributed by atoms with E-state index in [1.165, 1.54) is 5.56 Å².